The minimum atomic E-state index is -0.310. The van der Waals surface area contributed by atoms with E-state index in [2.05, 4.69) is 11.7 Å². The van der Waals surface area contributed by atoms with Gasteiger partial charge in [0.2, 0.25) is 0 Å². The summed E-state index contributed by atoms with van der Waals surface area (Å²) in [6, 6.07) is 0. The van der Waals surface area contributed by atoms with Gasteiger partial charge in [0.05, 0.1) is 31.1 Å². The van der Waals surface area contributed by atoms with Crippen LogP contribution in [0.3, 0.4) is 0 Å². The summed E-state index contributed by atoms with van der Waals surface area (Å²) in [6.45, 7) is 6.20. The SMILES string of the molecule is C=CCn1ncc(N2CCOC(CN)C2)c(Cl)c1=O. The van der Waals surface area contributed by atoms with Gasteiger partial charge in [0.15, 0.2) is 0 Å². The highest BCUT2D eigenvalue weighted by molar-refractivity contribution is 6.33. The molecule has 19 heavy (non-hydrogen) atoms. The number of anilines is 1. The molecule has 0 bridgehead atoms. The average Bonchev–Trinajstić information content (AvgIpc) is 2.44. The normalized spacial score (nSPS) is 19.5. The van der Waals surface area contributed by atoms with Gasteiger partial charge in [-0.25, -0.2) is 4.68 Å². The molecule has 1 fully saturated rings. The summed E-state index contributed by atoms with van der Waals surface area (Å²) in [4.78, 5) is 14.0. The van der Waals surface area contributed by atoms with Crippen LogP contribution < -0.4 is 16.2 Å². The molecule has 0 aromatic carbocycles. The molecule has 0 spiro atoms. The van der Waals surface area contributed by atoms with Crippen molar-refractivity contribution in [1.82, 2.24) is 9.78 Å². The van der Waals surface area contributed by atoms with Crippen molar-refractivity contribution in [2.24, 2.45) is 5.73 Å². The van der Waals surface area contributed by atoms with Gasteiger partial charge in [-0.05, 0) is 0 Å². The molecule has 7 heteroatoms. The second-order valence-corrected chi connectivity index (χ2v) is 4.67. The predicted octanol–water partition coefficient (Wildman–Crippen LogP) is 0.247. The van der Waals surface area contributed by atoms with Crippen molar-refractivity contribution in [2.45, 2.75) is 12.6 Å². The van der Waals surface area contributed by atoms with Crippen LogP contribution in [-0.4, -0.2) is 42.1 Å². The van der Waals surface area contributed by atoms with Crippen molar-refractivity contribution in [3.63, 3.8) is 0 Å². The fourth-order valence-corrected chi connectivity index (χ4v) is 2.28. The van der Waals surface area contributed by atoms with Gasteiger partial charge in [0.1, 0.15) is 5.02 Å². The summed E-state index contributed by atoms with van der Waals surface area (Å²) in [7, 11) is 0. The van der Waals surface area contributed by atoms with Crippen LogP contribution in [0.15, 0.2) is 23.6 Å². The topological polar surface area (TPSA) is 73.4 Å². The molecule has 1 saturated heterocycles. The van der Waals surface area contributed by atoms with Gasteiger partial charge in [-0.3, -0.25) is 4.79 Å². The zero-order valence-corrected chi connectivity index (χ0v) is 11.3. The van der Waals surface area contributed by atoms with E-state index in [1.165, 1.54) is 4.68 Å². The molecule has 1 atom stereocenters. The Balaban J connectivity index is 2.27. The lowest BCUT2D eigenvalue weighted by Gasteiger charge is -2.34. The standard InChI is InChI=1S/C12H17ClN4O2/c1-2-3-17-12(18)11(13)10(7-15-17)16-4-5-19-9(6-14)8-16/h2,7,9H,1,3-6,8,14H2. The van der Waals surface area contributed by atoms with Crippen LogP contribution in [0.4, 0.5) is 5.69 Å². The average molecular weight is 285 g/mol. The molecular formula is C12H17ClN4O2. The molecule has 6 nitrogen and oxygen atoms in total. The number of ether oxygens (including phenoxy) is 1. The first-order valence-electron chi connectivity index (χ1n) is 6.10. The number of halogens is 1. The van der Waals surface area contributed by atoms with Crippen molar-refractivity contribution in [3.05, 3.63) is 34.2 Å². The number of morpholine rings is 1. The van der Waals surface area contributed by atoms with Gasteiger partial charge in [-0.2, -0.15) is 5.10 Å². The van der Waals surface area contributed by atoms with Gasteiger partial charge in [-0.15, -0.1) is 6.58 Å². The lowest BCUT2D eigenvalue weighted by molar-refractivity contribution is 0.0465. The van der Waals surface area contributed by atoms with E-state index in [0.717, 1.165) is 0 Å². The largest absolute Gasteiger partial charge is 0.373 e. The molecule has 2 N–H and O–H groups in total. The van der Waals surface area contributed by atoms with Gasteiger partial charge in [0.25, 0.3) is 5.56 Å². The van der Waals surface area contributed by atoms with Crippen LogP contribution in [0, 0.1) is 0 Å². The van der Waals surface area contributed by atoms with Crippen LogP contribution >= 0.6 is 11.6 Å². The van der Waals surface area contributed by atoms with E-state index in [1.54, 1.807) is 12.3 Å². The minimum Gasteiger partial charge on any atom is -0.373 e. The van der Waals surface area contributed by atoms with E-state index in [9.17, 15) is 4.79 Å². The lowest BCUT2D eigenvalue weighted by Crippen LogP contribution is -2.46. The molecule has 1 aromatic rings. The van der Waals surface area contributed by atoms with Gasteiger partial charge in [-0.1, -0.05) is 17.7 Å². The van der Waals surface area contributed by atoms with E-state index in [0.29, 0.717) is 38.5 Å². The maximum Gasteiger partial charge on any atom is 0.287 e. The van der Waals surface area contributed by atoms with Crippen LogP contribution in [0.1, 0.15) is 0 Å². The molecular weight excluding hydrogens is 268 g/mol. The summed E-state index contributed by atoms with van der Waals surface area (Å²) in [5, 5.41) is 4.27. The fourth-order valence-electron chi connectivity index (χ4n) is 2.01. The van der Waals surface area contributed by atoms with Crippen molar-refractivity contribution < 1.29 is 4.74 Å². The number of hydrogen-bond donors (Lipinski definition) is 1. The molecule has 1 aromatic heterocycles. The Morgan fingerprint density at radius 3 is 3.16 bits per heavy atom. The van der Waals surface area contributed by atoms with Gasteiger partial charge >= 0.3 is 0 Å². The quantitative estimate of drug-likeness (QED) is 0.802. The first kappa shape index (κ1) is 14.0. The second kappa shape index (κ2) is 6.18. The summed E-state index contributed by atoms with van der Waals surface area (Å²) in [5.74, 6) is 0. The smallest absolute Gasteiger partial charge is 0.287 e. The third-order valence-corrected chi connectivity index (χ3v) is 3.37. The highest BCUT2D eigenvalue weighted by Gasteiger charge is 2.22. The number of rotatable bonds is 4. The molecule has 0 aliphatic carbocycles. The van der Waals surface area contributed by atoms with Crippen molar-refractivity contribution in [2.75, 3.05) is 31.1 Å². The summed E-state index contributed by atoms with van der Waals surface area (Å²) in [5.41, 5.74) is 5.92. The van der Waals surface area contributed by atoms with Crippen molar-refractivity contribution in [3.8, 4) is 0 Å². The highest BCUT2D eigenvalue weighted by atomic mass is 35.5. The number of nitrogens with two attached hydrogens (primary N) is 1. The second-order valence-electron chi connectivity index (χ2n) is 4.29. The minimum absolute atomic E-state index is 0.0413. The van der Waals surface area contributed by atoms with Crippen LogP contribution in [-0.2, 0) is 11.3 Å². The Hall–Kier alpha value is -1.37. The van der Waals surface area contributed by atoms with E-state index in [4.69, 9.17) is 22.1 Å². The molecule has 2 rings (SSSR count). The summed E-state index contributed by atoms with van der Waals surface area (Å²) < 4.78 is 6.76. The van der Waals surface area contributed by atoms with Crippen molar-refractivity contribution in [1.29, 1.82) is 0 Å². The molecule has 1 aliphatic heterocycles. The Morgan fingerprint density at radius 2 is 2.47 bits per heavy atom. The molecule has 1 unspecified atom stereocenters. The Bertz CT molecular complexity index is 517. The highest BCUT2D eigenvalue weighted by Crippen LogP contribution is 2.22. The van der Waals surface area contributed by atoms with E-state index >= 15 is 0 Å². The first-order valence-corrected chi connectivity index (χ1v) is 6.48. The van der Waals surface area contributed by atoms with E-state index < -0.39 is 0 Å². The van der Waals surface area contributed by atoms with Gasteiger partial charge in [0, 0.05) is 19.6 Å². The number of nitrogens with zero attached hydrogens (tertiary/aromatic N) is 3. The van der Waals surface area contributed by atoms with E-state index in [1.807, 2.05) is 4.90 Å². The molecule has 1 aliphatic rings. The third-order valence-electron chi connectivity index (χ3n) is 3.01. The number of hydrogen-bond acceptors (Lipinski definition) is 5. The zero-order valence-electron chi connectivity index (χ0n) is 10.6. The van der Waals surface area contributed by atoms with Crippen molar-refractivity contribution >= 4 is 17.3 Å². The van der Waals surface area contributed by atoms with Crippen LogP contribution in [0.2, 0.25) is 5.02 Å². The Kier molecular flexibility index (Phi) is 4.57. The predicted molar refractivity (Wildman–Crippen MR) is 74.7 cm³/mol. The Labute approximate surface area is 116 Å². The first-order chi connectivity index (χ1) is 9.17. The van der Waals surface area contributed by atoms with Gasteiger partial charge < -0.3 is 15.4 Å². The fraction of sp³-hybridized carbons (Fsp3) is 0.500. The maximum atomic E-state index is 12.0. The number of allylic oxidation sites excluding steroid dienone is 1. The van der Waals surface area contributed by atoms with Crippen LogP contribution in [0.25, 0.3) is 0 Å². The molecule has 2 heterocycles. The summed E-state index contributed by atoms with van der Waals surface area (Å²) >= 11 is 6.14. The number of aromatic nitrogens is 2. The Morgan fingerprint density at radius 1 is 1.68 bits per heavy atom. The monoisotopic (exact) mass is 284 g/mol. The van der Waals surface area contributed by atoms with Crippen LogP contribution in [0.5, 0.6) is 0 Å². The van der Waals surface area contributed by atoms with E-state index in [-0.39, 0.29) is 16.7 Å². The summed E-state index contributed by atoms with van der Waals surface area (Å²) in [6.07, 6.45) is 3.16. The maximum absolute atomic E-state index is 12.0. The molecule has 0 saturated carbocycles. The molecule has 0 amide bonds. The third kappa shape index (κ3) is 2.97. The molecule has 104 valence electrons. The zero-order chi connectivity index (χ0) is 13.8. The molecule has 0 radical (unpaired) electrons. The lowest BCUT2D eigenvalue weighted by atomic mass is 10.2.